The quantitative estimate of drug-likeness (QED) is 0.286. The standard InChI is InChI=1S/C32H27BrN4OS/c33-24-15-16-28-26(17-24)30(35-31-27(18-34)25-13-7-8-14-29(25)39-31)32(38)37(28)21-36(19-22-9-3-1-4-10-22)20-23-11-5-2-6-12-23/h1-6,9-12,15-17H,7-8,13-14,19-21H2/p+1. The summed E-state index contributed by atoms with van der Waals surface area (Å²) in [6.45, 7) is 2.07. The minimum absolute atomic E-state index is 0.114. The predicted molar refractivity (Wildman–Crippen MR) is 160 cm³/mol. The van der Waals surface area contributed by atoms with Gasteiger partial charge in [-0.15, -0.1) is 11.3 Å². The fourth-order valence-electron chi connectivity index (χ4n) is 5.56. The number of amides is 1. The van der Waals surface area contributed by atoms with Gasteiger partial charge < -0.3 is 4.90 Å². The van der Waals surface area contributed by atoms with Crippen molar-refractivity contribution in [3.05, 3.63) is 116 Å². The number of thiophene rings is 1. The third kappa shape index (κ3) is 5.33. The molecule has 1 aliphatic carbocycles. The zero-order valence-electron chi connectivity index (χ0n) is 21.5. The molecule has 0 fully saturated rings. The van der Waals surface area contributed by atoms with Crippen LogP contribution in [0, 0.1) is 11.3 Å². The van der Waals surface area contributed by atoms with Gasteiger partial charge in [0.1, 0.15) is 29.9 Å². The van der Waals surface area contributed by atoms with Gasteiger partial charge in [-0.25, -0.2) is 4.99 Å². The molecule has 0 bridgehead atoms. The van der Waals surface area contributed by atoms with Crippen LogP contribution in [0.15, 0.2) is 88.3 Å². The zero-order chi connectivity index (χ0) is 26.8. The zero-order valence-corrected chi connectivity index (χ0v) is 23.9. The van der Waals surface area contributed by atoms with Gasteiger partial charge in [-0.1, -0.05) is 76.6 Å². The number of nitrogens with zero attached hydrogens (tertiary/aromatic N) is 3. The molecule has 1 aromatic heterocycles. The number of benzene rings is 3. The summed E-state index contributed by atoms with van der Waals surface area (Å²) in [5.74, 6) is -0.114. The molecule has 0 saturated heterocycles. The van der Waals surface area contributed by atoms with E-state index in [-0.39, 0.29) is 5.91 Å². The SMILES string of the molecule is N#Cc1c(N=C2C(=O)N(C[NH+](Cc3ccccc3)Cc3ccccc3)c3ccc(Br)cc32)sc2c1CCCC2. The molecule has 4 aromatic rings. The first kappa shape index (κ1) is 25.7. The molecule has 2 aliphatic rings. The Morgan fingerprint density at radius 3 is 2.28 bits per heavy atom. The molecule has 0 unspecified atom stereocenters. The van der Waals surface area contributed by atoms with Crippen molar-refractivity contribution in [2.75, 3.05) is 11.6 Å². The maximum atomic E-state index is 14.0. The van der Waals surface area contributed by atoms with Crippen molar-refractivity contribution in [2.45, 2.75) is 38.8 Å². The van der Waals surface area contributed by atoms with Gasteiger partial charge in [0.15, 0.2) is 6.67 Å². The van der Waals surface area contributed by atoms with E-state index in [1.807, 2.05) is 35.2 Å². The molecule has 0 spiro atoms. The predicted octanol–water partition coefficient (Wildman–Crippen LogP) is 5.97. The van der Waals surface area contributed by atoms with E-state index in [1.165, 1.54) is 20.9 Å². The highest BCUT2D eigenvalue weighted by atomic mass is 79.9. The highest BCUT2D eigenvalue weighted by Gasteiger charge is 2.37. The Hall–Kier alpha value is -3.57. The number of rotatable bonds is 7. The van der Waals surface area contributed by atoms with Crippen molar-refractivity contribution in [3.8, 4) is 6.07 Å². The second-order valence-corrected chi connectivity index (χ2v) is 12.1. The number of halogens is 1. The lowest BCUT2D eigenvalue weighted by Gasteiger charge is -2.25. The lowest BCUT2D eigenvalue weighted by molar-refractivity contribution is -0.926. The summed E-state index contributed by atoms with van der Waals surface area (Å²) in [4.78, 5) is 23.3. The van der Waals surface area contributed by atoms with Gasteiger partial charge >= 0.3 is 0 Å². The van der Waals surface area contributed by atoms with Crippen molar-refractivity contribution >= 4 is 49.6 Å². The number of anilines is 1. The van der Waals surface area contributed by atoms with Gasteiger partial charge in [0.2, 0.25) is 0 Å². The monoisotopic (exact) mass is 595 g/mol. The number of quaternary nitrogens is 1. The van der Waals surface area contributed by atoms with Gasteiger partial charge in [-0.2, -0.15) is 5.26 Å². The summed E-state index contributed by atoms with van der Waals surface area (Å²) in [5, 5.41) is 10.6. The van der Waals surface area contributed by atoms with Crippen molar-refractivity contribution in [2.24, 2.45) is 4.99 Å². The first-order valence-corrected chi connectivity index (χ1v) is 14.9. The molecular formula is C32H28BrN4OS+. The van der Waals surface area contributed by atoms with E-state index in [9.17, 15) is 10.1 Å². The normalized spacial score (nSPS) is 15.5. The van der Waals surface area contributed by atoms with Crippen molar-refractivity contribution < 1.29 is 9.69 Å². The molecule has 7 heteroatoms. The van der Waals surface area contributed by atoms with E-state index < -0.39 is 0 Å². The topological polar surface area (TPSA) is 60.9 Å². The van der Waals surface area contributed by atoms with E-state index in [4.69, 9.17) is 4.99 Å². The second-order valence-electron chi connectivity index (χ2n) is 10.1. The second kappa shape index (κ2) is 11.3. The molecule has 6 rings (SSSR count). The number of fused-ring (bicyclic) bond motifs is 2. The number of aryl methyl sites for hydroxylation is 1. The molecule has 2 heterocycles. The third-order valence-electron chi connectivity index (χ3n) is 7.41. The van der Waals surface area contributed by atoms with E-state index in [0.29, 0.717) is 22.9 Å². The van der Waals surface area contributed by atoms with Crippen molar-refractivity contribution in [3.63, 3.8) is 0 Å². The molecule has 1 N–H and O–H groups in total. The first-order valence-electron chi connectivity index (χ1n) is 13.3. The van der Waals surface area contributed by atoms with Crippen LogP contribution in [0.1, 0.15) is 45.5 Å². The van der Waals surface area contributed by atoms with Crippen LogP contribution < -0.4 is 9.80 Å². The van der Waals surface area contributed by atoms with E-state index in [2.05, 4.69) is 70.5 Å². The number of carbonyl (C=O) groups is 1. The summed E-state index contributed by atoms with van der Waals surface area (Å²) in [7, 11) is 0. The van der Waals surface area contributed by atoms with Crippen molar-refractivity contribution in [1.29, 1.82) is 5.26 Å². The number of hydrogen-bond donors (Lipinski definition) is 1. The van der Waals surface area contributed by atoms with Crippen molar-refractivity contribution in [1.82, 2.24) is 0 Å². The smallest absolute Gasteiger partial charge is 0.282 e. The highest BCUT2D eigenvalue weighted by Crippen LogP contribution is 2.41. The van der Waals surface area contributed by atoms with Crippen LogP contribution in [0.2, 0.25) is 0 Å². The molecule has 194 valence electrons. The number of carbonyl (C=O) groups excluding carboxylic acids is 1. The number of hydrogen-bond acceptors (Lipinski definition) is 4. The Morgan fingerprint density at radius 2 is 1.62 bits per heavy atom. The van der Waals surface area contributed by atoms with Crippen LogP contribution in [0.25, 0.3) is 0 Å². The highest BCUT2D eigenvalue weighted by molar-refractivity contribution is 9.10. The van der Waals surface area contributed by atoms with E-state index in [1.54, 1.807) is 11.3 Å². The van der Waals surface area contributed by atoms with Crippen LogP contribution in [0.5, 0.6) is 0 Å². The summed E-state index contributed by atoms with van der Waals surface area (Å²) in [6.07, 6.45) is 4.13. The largest absolute Gasteiger partial charge is 0.310 e. The van der Waals surface area contributed by atoms with E-state index in [0.717, 1.165) is 60.1 Å². The van der Waals surface area contributed by atoms with Gasteiger partial charge in [-0.3, -0.25) is 9.69 Å². The third-order valence-corrected chi connectivity index (χ3v) is 9.08. The average Bonchev–Trinajstić information content (AvgIpc) is 3.44. The summed E-state index contributed by atoms with van der Waals surface area (Å²) in [5.41, 5.74) is 6.31. The number of aliphatic imine (C=N–C) groups is 1. The molecule has 1 amide bonds. The Balaban J connectivity index is 1.37. The van der Waals surface area contributed by atoms with Gasteiger partial charge in [0, 0.05) is 26.0 Å². The van der Waals surface area contributed by atoms with Crippen LogP contribution >= 0.6 is 27.3 Å². The van der Waals surface area contributed by atoms with Crippen LogP contribution in [-0.4, -0.2) is 18.3 Å². The number of nitrogens with one attached hydrogen (secondary N) is 1. The molecule has 0 radical (unpaired) electrons. The van der Waals surface area contributed by atoms with Crippen LogP contribution in [0.4, 0.5) is 10.7 Å². The fraction of sp³-hybridized carbons (Fsp3) is 0.219. The molecule has 1 aliphatic heterocycles. The van der Waals surface area contributed by atoms with Gasteiger partial charge in [-0.05, 0) is 49.4 Å². The van der Waals surface area contributed by atoms with Crippen LogP contribution in [-0.2, 0) is 30.7 Å². The minimum Gasteiger partial charge on any atom is -0.310 e. The maximum absolute atomic E-state index is 14.0. The van der Waals surface area contributed by atoms with Gasteiger partial charge in [0.05, 0.1) is 11.3 Å². The Labute approximate surface area is 241 Å². The average molecular weight is 597 g/mol. The van der Waals surface area contributed by atoms with Crippen LogP contribution in [0.3, 0.4) is 0 Å². The Kier molecular flexibility index (Phi) is 7.43. The summed E-state index contributed by atoms with van der Waals surface area (Å²) < 4.78 is 0.896. The minimum atomic E-state index is -0.114. The Bertz CT molecular complexity index is 1550. The summed E-state index contributed by atoms with van der Waals surface area (Å²) in [6, 6.07) is 29.2. The fourth-order valence-corrected chi connectivity index (χ4v) is 7.14. The molecule has 39 heavy (non-hydrogen) atoms. The lowest BCUT2D eigenvalue weighted by Crippen LogP contribution is -3.11. The first-order chi connectivity index (χ1) is 19.1. The molecule has 3 aromatic carbocycles. The van der Waals surface area contributed by atoms with E-state index >= 15 is 0 Å². The molecule has 5 nitrogen and oxygen atoms in total. The number of nitriles is 1. The molecular weight excluding hydrogens is 568 g/mol. The van der Waals surface area contributed by atoms with Gasteiger partial charge in [0.25, 0.3) is 5.91 Å². The lowest BCUT2D eigenvalue weighted by atomic mass is 9.96. The Morgan fingerprint density at radius 1 is 0.949 bits per heavy atom. The molecule has 0 atom stereocenters. The maximum Gasteiger partial charge on any atom is 0.282 e. The molecule has 0 saturated carbocycles. The summed E-state index contributed by atoms with van der Waals surface area (Å²) >= 11 is 5.17.